The number of fused-ring (bicyclic) bond motifs is 1. The molecule has 1 unspecified atom stereocenters. The largest absolute Gasteiger partial charge is 0.421 e. The topological polar surface area (TPSA) is 32.3 Å². The first-order chi connectivity index (χ1) is 10.8. The van der Waals surface area contributed by atoms with Crippen LogP contribution in [0.25, 0.3) is 0 Å². The van der Waals surface area contributed by atoms with Gasteiger partial charge in [0.25, 0.3) is 0 Å². The van der Waals surface area contributed by atoms with E-state index in [0.717, 1.165) is 31.0 Å². The van der Waals surface area contributed by atoms with Crippen molar-refractivity contribution >= 4 is 0 Å². The predicted molar refractivity (Wildman–Crippen MR) is 90.0 cm³/mol. The van der Waals surface area contributed by atoms with Gasteiger partial charge in [-0.3, -0.25) is 0 Å². The van der Waals surface area contributed by atoms with Crippen LogP contribution in [0.1, 0.15) is 58.2 Å². The molecule has 0 heterocycles. The number of hydrogen-bond acceptors (Lipinski definition) is 2. The van der Waals surface area contributed by atoms with Crippen molar-refractivity contribution < 1.29 is 18.3 Å². The van der Waals surface area contributed by atoms with Gasteiger partial charge in [0.15, 0.2) is 5.60 Å². The lowest BCUT2D eigenvalue weighted by molar-refractivity contribution is -0.258. The van der Waals surface area contributed by atoms with E-state index in [1.54, 1.807) is 12.1 Å². The number of benzene rings is 1. The fourth-order valence-corrected chi connectivity index (χ4v) is 3.63. The van der Waals surface area contributed by atoms with E-state index in [1.165, 1.54) is 6.07 Å². The molecule has 0 aromatic heterocycles. The molecule has 0 fully saturated rings. The highest BCUT2D eigenvalue weighted by Crippen LogP contribution is 2.51. The molecule has 1 aliphatic rings. The van der Waals surface area contributed by atoms with Crippen LogP contribution in [0.4, 0.5) is 13.2 Å². The Labute approximate surface area is 142 Å². The summed E-state index contributed by atoms with van der Waals surface area (Å²) in [5, 5.41) is 13.5. The zero-order valence-corrected chi connectivity index (χ0v) is 15.3. The summed E-state index contributed by atoms with van der Waals surface area (Å²) < 4.78 is 39.6. The van der Waals surface area contributed by atoms with E-state index in [0.29, 0.717) is 0 Å². The summed E-state index contributed by atoms with van der Waals surface area (Å²) in [6.45, 7) is 12.2. The first kappa shape index (κ1) is 19.3. The molecule has 0 aliphatic heterocycles. The van der Waals surface area contributed by atoms with Crippen molar-refractivity contribution in [2.45, 2.75) is 71.2 Å². The molecule has 2 nitrogen and oxygen atoms in total. The van der Waals surface area contributed by atoms with Crippen molar-refractivity contribution in [1.82, 2.24) is 5.32 Å². The van der Waals surface area contributed by atoms with Gasteiger partial charge in [0.2, 0.25) is 0 Å². The molecular weight excluding hydrogens is 315 g/mol. The third-order valence-electron chi connectivity index (χ3n) is 6.25. The van der Waals surface area contributed by atoms with Gasteiger partial charge in [-0.2, -0.15) is 13.2 Å². The fourth-order valence-electron chi connectivity index (χ4n) is 3.63. The molecule has 0 saturated carbocycles. The average molecular weight is 343 g/mol. The fraction of sp³-hybridized carbons (Fsp3) is 0.684. The van der Waals surface area contributed by atoms with Crippen molar-refractivity contribution in [3.05, 3.63) is 34.9 Å². The molecule has 0 saturated heterocycles. The Balaban J connectivity index is 2.58. The standard InChI is InChI=1S/C19H28F3NO/c1-7-23-15-10-12-8-9-13(18(6,24)19(20,21)22)11-14(12)16(2,3)17(15,4)5/h8-9,11,15,23-24H,7,10H2,1-6H3/t15-,18?/m1/s1. The Morgan fingerprint density at radius 3 is 2.29 bits per heavy atom. The van der Waals surface area contributed by atoms with E-state index in [-0.39, 0.29) is 22.4 Å². The lowest BCUT2D eigenvalue weighted by atomic mass is 9.55. The number of nitrogens with one attached hydrogen (secondary N) is 1. The van der Waals surface area contributed by atoms with E-state index < -0.39 is 11.8 Å². The maximum Gasteiger partial charge on any atom is 0.421 e. The minimum atomic E-state index is -4.71. The molecule has 2 atom stereocenters. The van der Waals surface area contributed by atoms with Gasteiger partial charge >= 0.3 is 6.18 Å². The average Bonchev–Trinajstić information content (AvgIpc) is 2.44. The normalized spacial score (nSPS) is 25.0. The second kappa shape index (κ2) is 5.73. The quantitative estimate of drug-likeness (QED) is 0.858. The number of rotatable bonds is 3. The zero-order chi connectivity index (χ0) is 18.6. The molecule has 1 aromatic carbocycles. The third-order valence-corrected chi connectivity index (χ3v) is 6.25. The molecule has 0 radical (unpaired) electrons. The van der Waals surface area contributed by atoms with E-state index >= 15 is 0 Å². The highest BCUT2D eigenvalue weighted by Gasteiger charge is 2.53. The van der Waals surface area contributed by atoms with Crippen LogP contribution in [0.15, 0.2) is 18.2 Å². The number of aliphatic hydroxyl groups is 1. The second-order valence-electron chi connectivity index (χ2n) is 8.10. The number of hydrogen-bond donors (Lipinski definition) is 2. The number of likely N-dealkylation sites (N-methyl/N-ethyl adjacent to an activating group) is 1. The molecule has 2 rings (SSSR count). The van der Waals surface area contributed by atoms with E-state index in [2.05, 4.69) is 39.9 Å². The molecule has 1 aliphatic carbocycles. The summed E-state index contributed by atoms with van der Waals surface area (Å²) in [5.74, 6) is 0. The van der Waals surface area contributed by atoms with E-state index in [4.69, 9.17) is 0 Å². The van der Waals surface area contributed by atoms with Gasteiger partial charge in [-0.05, 0) is 47.4 Å². The Kier molecular flexibility index (Phi) is 4.60. The molecule has 0 amide bonds. The van der Waals surface area contributed by atoms with Crippen molar-refractivity contribution in [2.75, 3.05) is 6.54 Å². The molecule has 2 N–H and O–H groups in total. The maximum atomic E-state index is 13.2. The van der Waals surface area contributed by atoms with Gasteiger partial charge in [-0.25, -0.2) is 0 Å². The third kappa shape index (κ3) is 2.76. The highest BCUT2D eigenvalue weighted by molar-refractivity contribution is 5.44. The van der Waals surface area contributed by atoms with Crippen LogP contribution in [0.5, 0.6) is 0 Å². The number of halogens is 3. The van der Waals surface area contributed by atoms with Gasteiger partial charge in [0.05, 0.1) is 0 Å². The van der Waals surface area contributed by atoms with Gasteiger partial charge < -0.3 is 10.4 Å². The van der Waals surface area contributed by atoms with Crippen LogP contribution in [0.2, 0.25) is 0 Å². The smallest absolute Gasteiger partial charge is 0.376 e. The van der Waals surface area contributed by atoms with Crippen LogP contribution in [0.3, 0.4) is 0 Å². The van der Waals surface area contributed by atoms with Gasteiger partial charge in [0, 0.05) is 6.04 Å². The molecule has 136 valence electrons. The van der Waals surface area contributed by atoms with Crippen LogP contribution >= 0.6 is 0 Å². The van der Waals surface area contributed by atoms with Crippen LogP contribution < -0.4 is 5.32 Å². The monoisotopic (exact) mass is 343 g/mol. The molecule has 24 heavy (non-hydrogen) atoms. The van der Waals surface area contributed by atoms with Crippen molar-refractivity contribution in [1.29, 1.82) is 0 Å². The van der Waals surface area contributed by atoms with E-state index in [9.17, 15) is 18.3 Å². The van der Waals surface area contributed by atoms with E-state index in [1.807, 2.05) is 0 Å². The first-order valence-corrected chi connectivity index (χ1v) is 8.43. The first-order valence-electron chi connectivity index (χ1n) is 8.43. The Morgan fingerprint density at radius 2 is 1.79 bits per heavy atom. The van der Waals surface area contributed by atoms with Gasteiger partial charge in [0.1, 0.15) is 0 Å². The summed E-state index contributed by atoms with van der Waals surface area (Å²) in [6.07, 6.45) is -3.93. The molecule has 0 spiro atoms. The van der Waals surface area contributed by atoms with Crippen LogP contribution in [-0.2, 0) is 17.4 Å². The Bertz CT molecular complexity index is 618. The second-order valence-corrected chi connectivity index (χ2v) is 8.10. The lowest BCUT2D eigenvalue weighted by Gasteiger charge is -2.52. The molecule has 0 bridgehead atoms. The summed E-state index contributed by atoms with van der Waals surface area (Å²) in [4.78, 5) is 0. The summed E-state index contributed by atoms with van der Waals surface area (Å²) in [5.41, 5.74) is -1.47. The number of alkyl halides is 3. The zero-order valence-electron chi connectivity index (χ0n) is 15.3. The summed E-state index contributed by atoms with van der Waals surface area (Å²) in [7, 11) is 0. The molecule has 1 aromatic rings. The van der Waals surface area contributed by atoms with Crippen LogP contribution in [0, 0.1) is 5.41 Å². The highest BCUT2D eigenvalue weighted by atomic mass is 19.4. The summed E-state index contributed by atoms with van der Waals surface area (Å²) >= 11 is 0. The predicted octanol–water partition coefficient (Wildman–Crippen LogP) is 4.29. The van der Waals surface area contributed by atoms with Crippen molar-refractivity contribution in [2.24, 2.45) is 5.41 Å². The van der Waals surface area contributed by atoms with Gasteiger partial charge in [-0.15, -0.1) is 0 Å². The minimum Gasteiger partial charge on any atom is -0.376 e. The Morgan fingerprint density at radius 1 is 1.21 bits per heavy atom. The molecular formula is C19H28F3NO. The lowest BCUT2D eigenvalue weighted by Crippen LogP contribution is -2.56. The van der Waals surface area contributed by atoms with Gasteiger partial charge in [-0.1, -0.05) is 52.8 Å². The Hall–Kier alpha value is -1.07. The minimum absolute atomic E-state index is 0.0977. The van der Waals surface area contributed by atoms with Crippen molar-refractivity contribution in [3.63, 3.8) is 0 Å². The van der Waals surface area contributed by atoms with Crippen molar-refractivity contribution in [3.8, 4) is 0 Å². The summed E-state index contributed by atoms with van der Waals surface area (Å²) in [6, 6.07) is 4.95. The molecule has 5 heteroatoms. The maximum absolute atomic E-state index is 13.2. The van der Waals surface area contributed by atoms with Crippen LogP contribution in [-0.4, -0.2) is 23.9 Å². The SMILES string of the molecule is CCN[C@@H]1Cc2ccc(C(C)(O)C(F)(F)F)cc2C(C)(C)C1(C)C.